The SMILES string of the molecule is Cc1cc(N2CCC[C@H]3CCCC[C@H]32)c([C@@H](C)N)cc1F. The molecule has 1 aliphatic carbocycles. The molecule has 0 spiro atoms. The summed E-state index contributed by atoms with van der Waals surface area (Å²) in [5.74, 6) is 0.682. The van der Waals surface area contributed by atoms with E-state index < -0.39 is 0 Å². The van der Waals surface area contributed by atoms with Crippen LogP contribution >= 0.6 is 0 Å². The van der Waals surface area contributed by atoms with E-state index >= 15 is 0 Å². The van der Waals surface area contributed by atoms with E-state index in [0.717, 1.165) is 23.6 Å². The average Bonchev–Trinajstić information content (AvgIpc) is 2.49. The Hall–Kier alpha value is -1.09. The molecule has 2 nitrogen and oxygen atoms in total. The van der Waals surface area contributed by atoms with Crippen LogP contribution in [0.25, 0.3) is 0 Å². The molecule has 3 atom stereocenters. The molecule has 0 aromatic heterocycles. The molecule has 3 rings (SSSR count). The Kier molecular flexibility index (Phi) is 4.21. The second kappa shape index (κ2) is 5.96. The van der Waals surface area contributed by atoms with E-state index in [1.807, 2.05) is 19.9 Å². The first-order chi connectivity index (χ1) is 10.1. The van der Waals surface area contributed by atoms with Gasteiger partial charge < -0.3 is 10.6 Å². The number of anilines is 1. The zero-order valence-electron chi connectivity index (χ0n) is 13.2. The highest BCUT2D eigenvalue weighted by atomic mass is 19.1. The quantitative estimate of drug-likeness (QED) is 0.879. The fourth-order valence-corrected chi connectivity index (χ4v) is 4.22. The highest BCUT2D eigenvalue weighted by Crippen LogP contribution is 2.40. The van der Waals surface area contributed by atoms with Gasteiger partial charge in [-0.05, 0) is 68.7 Å². The van der Waals surface area contributed by atoms with E-state index in [1.54, 1.807) is 6.07 Å². The summed E-state index contributed by atoms with van der Waals surface area (Å²) in [7, 11) is 0. The van der Waals surface area contributed by atoms with Crippen molar-refractivity contribution in [3.8, 4) is 0 Å². The molecule has 1 aliphatic heterocycles. The first kappa shape index (κ1) is 14.8. The van der Waals surface area contributed by atoms with Crippen LogP contribution in [-0.2, 0) is 0 Å². The van der Waals surface area contributed by atoms with Crippen LogP contribution in [0.1, 0.15) is 62.6 Å². The summed E-state index contributed by atoms with van der Waals surface area (Å²) in [5.41, 5.74) is 8.99. The van der Waals surface area contributed by atoms with Gasteiger partial charge in [0.25, 0.3) is 0 Å². The molecule has 2 aliphatic rings. The van der Waals surface area contributed by atoms with Crippen LogP contribution in [0.4, 0.5) is 10.1 Å². The second-order valence-corrected chi connectivity index (χ2v) is 6.90. The van der Waals surface area contributed by atoms with E-state index in [0.29, 0.717) is 6.04 Å². The summed E-state index contributed by atoms with van der Waals surface area (Å²) < 4.78 is 13.9. The molecule has 1 heterocycles. The molecule has 0 amide bonds. The minimum Gasteiger partial charge on any atom is -0.368 e. The second-order valence-electron chi connectivity index (χ2n) is 6.90. The van der Waals surface area contributed by atoms with Crippen molar-refractivity contribution < 1.29 is 4.39 Å². The highest BCUT2D eigenvalue weighted by Gasteiger charge is 2.34. The van der Waals surface area contributed by atoms with Crippen molar-refractivity contribution in [1.29, 1.82) is 0 Å². The molecule has 3 heteroatoms. The van der Waals surface area contributed by atoms with E-state index in [2.05, 4.69) is 4.90 Å². The number of nitrogens with two attached hydrogens (primary N) is 1. The largest absolute Gasteiger partial charge is 0.368 e. The maximum absolute atomic E-state index is 13.9. The van der Waals surface area contributed by atoms with Gasteiger partial charge in [0.1, 0.15) is 5.82 Å². The number of aryl methyl sites for hydroxylation is 1. The maximum atomic E-state index is 13.9. The van der Waals surface area contributed by atoms with Gasteiger partial charge in [-0.2, -0.15) is 0 Å². The maximum Gasteiger partial charge on any atom is 0.126 e. The predicted molar refractivity (Wildman–Crippen MR) is 86.1 cm³/mol. The van der Waals surface area contributed by atoms with Gasteiger partial charge in [0.05, 0.1) is 0 Å². The molecular formula is C18H27FN2. The fourth-order valence-electron chi connectivity index (χ4n) is 4.22. The Morgan fingerprint density at radius 3 is 2.67 bits per heavy atom. The Morgan fingerprint density at radius 2 is 1.90 bits per heavy atom. The molecule has 0 radical (unpaired) electrons. The van der Waals surface area contributed by atoms with Crippen LogP contribution in [0.5, 0.6) is 0 Å². The normalized spacial score (nSPS) is 27.3. The lowest BCUT2D eigenvalue weighted by Gasteiger charge is -2.46. The molecule has 1 saturated carbocycles. The third-order valence-corrected chi connectivity index (χ3v) is 5.35. The van der Waals surface area contributed by atoms with Crippen LogP contribution in [-0.4, -0.2) is 12.6 Å². The van der Waals surface area contributed by atoms with Crippen LogP contribution in [0.15, 0.2) is 12.1 Å². The van der Waals surface area contributed by atoms with Gasteiger partial charge in [-0.25, -0.2) is 4.39 Å². The van der Waals surface area contributed by atoms with E-state index in [9.17, 15) is 4.39 Å². The van der Waals surface area contributed by atoms with Gasteiger partial charge in [-0.1, -0.05) is 12.8 Å². The van der Waals surface area contributed by atoms with Gasteiger partial charge in [0.15, 0.2) is 0 Å². The average molecular weight is 290 g/mol. The third-order valence-electron chi connectivity index (χ3n) is 5.35. The lowest BCUT2D eigenvalue weighted by molar-refractivity contribution is 0.243. The van der Waals surface area contributed by atoms with Crippen molar-refractivity contribution in [2.45, 2.75) is 64.5 Å². The summed E-state index contributed by atoms with van der Waals surface area (Å²) in [6, 6.07) is 4.18. The molecule has 1 saturated heterocycles. The van der Waals surface area contributed by atoms with Crippen LogP contribution in [0, 0.1) is 18.7 Å². The Labute approximate surface area is 127 Å². The van der Waals surface area contributed by atoms with E-state index in [1.165, 1.54) is 44.2 Å². The smallest absolute Gasteiger partial charge is 0.126 e. The molecule has 2 fully saturated rings. The lowest BCUT2D eigenvalue weighted by Crippen LogP contribution is -2.47. The number of hydrogen-bond acceptors (Lipinski definition) is 2. The van der Waals surface area contributed by atoms with Crippen molar-refractivity contribution in [2.75, 3.05) is 11.4 Å². The molecule has 2 N–H and O–H groups in total. The summed E-state index contributed by atoms with van der Waals surface area (Å²) in [4.78, 5) is 2.54. The third kappa shape index (κ3) is 2.80. The van der Waals surface area contributed by atoms with E-state index in [-0.39, 0.29) is 11.9 Å². The number of hydrogen-bond donors (Lipinski definition) is 1. The number of nitrogens with zero attached hydrogens (tertiary/aromatic N) is 1. The van der Waals surface area contributed by atoms with Crippen LogP contribution < -0.4 is 10.6 Å². The predicted octanol–water partition coefficient (Wildman–Crippen LogP) is 4.31. The van der Waals surface area contributed by atoms with Crippen molar-refractivity contribution >= 4 is 5.69 Å². The molecular weight excluding hydrogens is 263 g/mol. The molecule has 21 heavy (non-hydrogen) atoms. The monoisotopic (exact) mass is 290 g/mol. The number of piperidine rings is 1. The van der Waals surface area contributed by atoms with Gasteiger partial charge >= 0.3 is 0 Å². The molecule has 116 valence electrons. The Balaban J connectivity index is 1.99. The first-order valence-corrected chi connectivity index (χ1v) is 8.40. The molecule has 0 unspecified atom stereocenters. The van der Waals surface area contributed by atoms with Crippen molar-refractivity contribution in [2.24, 2.45) is 11.7 Å². The zero-order valence-corrected chi connectivity index (χ0v) is 13.2. The van der Waals surface area contributed by atoms with Crippen LogP contribution in [0.3, 0.4) is 0 Å². The van der Waals surface area contributed by atoms with Crippen molar-refractivity contribution in [1.82, 2.24) is 0 Å². The topological polar surface area (TPSA) is 29.3 Å². The zero-order chi connectivity index (χ0) is 15.0. The standard InChI is InChI=1S/C18H27FN2/c1-12-10-18(15(13(2)20)11-16(12)19)21-9-5-7-14-6-3-4-8-17(14)21/h10-11,13-14,17H,3-9,20H2,1-2H3/t13-,14-,17-/m1/s1. The lowest BCUT2D eigenvalue weighted by atomic mass is 9.78. The van der Waals surface area contributed by atoms with E-state index in [4.69, 9.17) is 5.73 Å². The number of benzene rings is 1. The summed E-state index contributed by atoms with van der Waals surface area (Å²) >= 11 is 0. The number of halogens is 1. The van der Waals surface area contributed by atoms with Gasteiger partial charge in [0.2, 0.25) is 0 Å². The van der Waals surface area contributed by atoms with Gasteiger partial charge in [0, 0.05) is 24.3 Å². The van der Waals surface area contributed by atoms with Gasteiger partial charge in [-0.15, -0.1) is 0 Å². The minimum atomic E-state index is -0.136. The summed E-state index contributed by atoms with van der Waals surface area (Å²) in [6.45, 7) is 4.90. The summed E-state index contributed by atoms with van der Waals surface area (Å²) in [5, 5.41) is 0. The molecule has 0 bridgehead atoms. The van der Waals surface area contributed by atoms with Gasteiger partial charge in [-0.3, -0.25) is 0 Å². The molecule has 1 aromatic carbocycles. The molecule has 1 aromatic rings. The number of rotatable bonds is 2. The van der Waals surface area contributed by atoms with Crippen molar-refractivity contribution in [3.05, 3.63) is 29.1 Å². The van der Waals surface area contributed by atoms with Crippen LogP contribution in [0.2, 0.25) is 0 Å². The summed E-state index contributed by atoms with van der Waals surface area (Å²) in [6.07, 6.45) is 7.93. The van der Waals surface area contributed by atoms with Crippen molar-refractivity contribution in [3.63, 3.8) is 0 Å². The fraction of sp³-hybridized carbons (Fsp3) is 0.667. The highest BCUT2D eigenvalue weighted by molar-refractivity contribution is 5.58. The minimum absolute atomic E-state index is 0.126. The Bertz CT molecular complexity index is 510. The number of fused-ring (bicyclic) bond motifs is 1. The first-order valence-electron chi connectivity index (χ1n) is 8.40. The Morgan fingerprint density at radius 1 is 1.19 bits per heavy atom.